The number of phenols is 4. The topological polar surface area (TPSA) is 80.9 Å². The monoisotopic (exact) mass is 860 g/mol. The van der Waals surface area contributed by atoms with Crippen LogP contribution in [0.4, 0.5) is 0 Å². The Bertz CT molecular complexity index is 1540. The van der Waals surface area contributed by atoms with Gasteiger partial charge in [-0.3, -0.25) is 0 Å². The summed E-state index contributed by atoms with van der Waals surface area (Å²) in [5.41, 5.74) is 9.48. The predicted octanol–water partition coefficient (Wildman–Crippen LogP) is 11.2. The molecule has 0 saturated heterocycles. The van der Waals surface area contributed by atoms with Crippen molar-refractivity contribution < 1.29 is 41.5 Å². The first-order valence-electron chi connectivity index (χ1n) is 17.8. The summed E-state index contributed by atoms with van der Waals surface area (Å²) in [4.78, 5) is 0. The van der Waals surface area contributed by atoms with Crippen LogP contribution < -0.4 is 0 Å². The van der Waals surface area contributed by atoms with Crippen LogP contribution in [0.3, 0.4) is 0 Å². The molecule has 0 saturated carbocycles. The molecule has 0 atom stereocenters. The van der Waals surface area contributed by atoms with Crippen LogP contribution in [0.2, 0.25) is 0 Å². The molecule has 0 radical (unpaired) electrons. The molecule has 4 nitrogen and oxygen atoms in total. The van der Waals surface area contributed by atoms with Crippen molar-refractivity contribution in [2.45, 2.75) is 130 Å². The Labute approximate surface area is 322 Å². The van der Waals surface area contributed by atoms with Gasteiger partial charge in [-0.05, 0) is 88.4 Å². The molecule has 0 fully saturated rings. The fourth-order valence-electron chi connectivity index (χ4n) is 6.67. The molecule has 0 unspecified atom stereocenters. The second kappa shape index (κ2) is 14.9. The molecule has 274 valence electrons. The van der Waals surface area contributed by atoms with E-state index in [1.165, 1.54) is 0 Å². The summed E-state index contributed by atoms with van der Waals surface area (Å²) in [5, 5.41) is 47.6. The van der Waals surface area contributed by atoms with Crippen molar-refractivity contribution in [3.05, 3.63) is 128 Å². The Kier molecular flexibility index (Phi) is 12.2. The van der Waals surface area contributed by atoms with E-state index in [4.69, 9.17) is 0 Å². The van der Waals surface area contributed by atoms with E-state index < -0.39 is 0 Å². The minimum Gasteiger partial charge on any atom is -0.507 e. The van der Waals surface area contributed by atoms with Crippen molar-refractivity contribution in [2.24, 2.45) is 0 Å². The predicted molar refractivity (Wildman–Crippen MR) is 210 cm³/mol. The van der Waals surface area contributed by atoms with Crippen LogP contribution in [0.15, 0.2) is 61.7 Å². The van der Waals surface area contributed by atoms with Gasteiger partial charge in [0.2, 0.25) is 0 Å². The minimum absolute atomic E-state index is 0. The largest absolute Gasteiger partial charge is 0.507 e. The molecular formula is C46H60O4W. The van der Waals surface area contributed by atoms with Gasteiger partial charge in [-0.1, -0.05) is 132 Å². The van der Waals surface area contributed by atoms with Gasteiger partial charge in [0.15, 0.2) is 0 Å². The summed E-state index contributed by atoms with van der Waals surface area (Å²) in [5.74, 6) is 0.767. The molecule has 5 rings (SSSR count). The van der Waals surface area contributed by atoms with Crippen molar-refractivity contribution in [1.82, 2.24) is 0 Å². The SMILES string of the molecule is C=C.CC(C)(C)c1cc2c(O)c(c1)Cc1cc(C(C)(C)C)cc(c1O)Cc1cc(C(C)(C)C)cc(c1O)Cc1cc(C(C)(C)C)cc(c1O)C2.[W]. The van der Waals surface area contributed by atoms with Gasteiger partial charge < -0.3 is 20.4 Å². The summed E-state index contributed by atoms with van der Waals surface area (Å²) in [6, 6.07) is 16.5. The zero-order valence-electron chi connectivity index (χ0n) is 33.1. The van der Waals surface area contributed by atoms with E-state index in [2.05, 4.69) is 145 Å². The zero-order chi connectivity index (χ0) is 37.7. The van der Waals surface area contributed by atoms with Crippen molar-refractivity contribution in [2.75, 3.05) is 0 Å². The maximum Gasteiger partial charge on any atom is 0.122 e. The number of hydrogen-bond donors (Lipinski definition) is 4. The summed E-state index contributed by atoms with van der Waals surface area (Å²) in [6.45, 7) is 32.0. The minimum atomic E-state index is -0.190. The molecule has 51 heavy (non-hydrogen) atoms. The van der Waals surface area contributed by atoms with Gasteiger partial charge in [0.05, 0.1) is 0 Å². The first-order valence-corrected chi connectivity index (χ1v) is 17.8. The summed E-state index contributed by atoms with van der Waals surface area (Å²) < 4.78 is 0. The zero-order valence-corrected chi connectivity index (χ0v) is 36.0. The molecule has 0 aromatic heterocycles. The van der Waals surface area contributed by atoms with E-state index in [-0.39, 0.29) is 65.7 Å². The van der Waals surface area contributed by atoms with E-state index in [1.807, 2.05) is 0 Å². The standard InChI is InChI=1S/C44H56O4.C2H4.W/c1-41(2,3)33-17-25-13-27-19-34(42(4,5)6)21-29(38(27)46)15-31-23-36(44(10,11)12)24-32(40(31)48)16-30-22-35(43(7,8)9)20-28(39(30)47)14-26(18-33)37(25)45;1-2;/h17-24,45-48H,13-16H2,1-12H3;1-2H2;. The Morgan fingerprint density at radius 2 is 0.451 bits per heavy atom. The molecule has 1 aliphatic carbocycles. The van der Waals surface area contributed by atoms with Crippen molar-refractivity contribution in [3.8, 4) is 23.0 Å². The van der Waals surface area contributed by atoms with Crippen LogP contribution in [-0.4, -0.2) is 20.4 Å². The van der Waals surface area contributed by atoms with Gasteiger partial charge in [0, 0.05) is 46.7 Å². The smallest absolute Gasteiger partial charge is 0.122 e. The third kappa shape index (κ3) is 9.12. The normalized spacial score (nSPS) is 13.5. The maximum atomic E-state index is 11.9. The molecule has 0 heterocycles. The van der Waals surface area contributed by atoms with Crippen LogP contribution in [0.1, 0.15) is 150 Å². The quantitative estimate of drug-likeness (QED) is 0.117. The van der Waals surface area contributed by atoms with Gasteiger partial charge in [0.1, 0.15) is 23.0 Å². The number of benzene rings is 4. The average molecular weight is 861 g/mol. The van der Waals surface area contributed by atoms with Gasteiger partial charge in [-0.2, -0.15) is 0 Å². The molecule has 0 spiro atoms. The van der Waals surface area contributed by atoms with Crippen LogP contribution in [0.25, 0.3) is 0 Å². The van der Waals surface area contributed by atoms with E-state index in [0.717, 1.165) is 66.8 Å². The summed E-state index contributed by atoms with van der Waals surface area (Å²) >= 11 is 0. The van der Waals surface area contributed by atoms with E-state index in [1.54, 1.807) is 0 Å². The first-order chi connectivity index (χ1) is 22.9. The molecule has 0 aliphatic heterocycles. The van der Waals surface area contributed by atoms with Gasteiger partial charge in [0.25, 0.3) is 0 Å². The van der Waals surface area contributed by atoms with Crippen molar-refractivity contribution in [3.63, 3.8) is 0 Å². The molecule has 4 aromatic carbocycles. The van der Waals surface area contributed by atoms with Gasteiger partial charge in [-0.15, -0.1) is 13.2 Å². The van der Waals surface area contributed by atoms with Crippen molar-refractivity contribution >= 4 is 0 Å². The fraction of sp³-hybridized carbons (Fsp3) is 0.435. The molecule has 1 aliphatic rings. The number of fused-ring (bicyclic) bond motifs is 8. The Balaban J connectivity index is 0.00000230. The van der Waals surface area contributed by atoms with Gasteiger partial charge in [-0.25, -0.2) is 0 Å². The third-order valence-electron chi connectivity index (χ3n) is 10.1. The number of hydrogen-bond acceptors (Lipinski definition) is 4. The fourth-order valence-corrected chi connectivity index (χ4v) is 6.67. The summed E-state index contributed by atoms with van der Waals surface area (Å²) in [6.07, 6.45) is 1.35. The van der Waals surface area contributed by atoms with Crippen molar-refractivity contribution in [1.29, 1.82) is 0 Å². The molecule has 0 amide bonds. The second-order valence-electron chi connectivity index (χ2n) is 18.3. The number of aromatic hydroxyl groups is 4. The number of phenolic OH excluding ortho intramolecular Hbond substituents is 4. The molecule has 4 N–H and O–H groups in total. The average Bonchev–Trinajstić information content (AvgIpc) is 2.98. The van der Waals surface area contributed by atoms with Crippen LogP contribution >= 0.6 is 0 Å². The van der Waals surface area contributed by atoms with Crippen LogP contribution in [-0.2, 0) is 68.4 Å². The van der Waals surface area contributed by atoms with Crippen LogP contribution in [0.5, 0.6) is 23.0 Å². The molecule has 4 aromatic rings. The second-order valence-corrected chi connectivity index (χ2v) is 18.3. The van der Waals surface area contributed by atoms with Gasteiger partial charge >= 0.3 is 0 Å². The third-order valence-corrected chi connectivity index (χ3v) is 10.1. The maximum absolute atomic E-state index is 11.9. The van der Waals surface area contributed by atoms with E-state index in [9.17, 15) is 20.4 Å². The van der Waals surface area contributed by atoms with Crippen LogP contribution in [0, 0.1) is 0 Å². The molecular weight excluding hydrogens is 800 g/mol. The Morgan fingerprint density at radius 1 is 0.333 bits per heavy atom. The van der Waals surface area contributed by atoms with E-state index in [0.29, 0.717) is 25.7 Å². The Morgan fingerprint density at radius 3 is 0.549 bits per heavy atom. The first kappa shape index (κ1) is 41.9. The molecule has 8 bridgehead atoms. The van der Waals surface area contributed by atoms with E-state index >= 15 is 0 Å². The number of rotatable bonds is 0. The summed E-state index contributed by atoms with van der Waals surface area (Å²) in [7, 11) is 0. The Hall–Kier alpha value is -3.49. The molecule has 5 heteroatoms.